The maximum absolute atomic E-state index is 5.28. The highest BCUT2D eigenvalue weighted by molar-refractivity contribution is 6.00. The number of hydrogen-bond donors (Lipinski definition) is 0. The maximum atomic E-state index is 5.28. The fraction of sp³-hybridized carbons (Fsp3) is 0.800. The molecule has 0 radical (unpaired) electrons. The molecule has 0 amide bonds. The van der Waals surface area contributed by atoms with Gasteiger partial charge in [-0.3, -0.25) is 0 Å². The molecule has 0 atom stereocenters. The van der Waals surface area contributed by atoms with Crippen LogP contribution in [0.5, 0.6) is 0 Å². The van der Waals surface area contributed by atoms with E-state index < -0.39 is 5.54 Å². The Kier molecular flexibility index (Phi) is 1.84. The Morgan fingerprint density at radius 2 is 1.57 bits per heavy atom. The molecule has 1 heterocycles. The van der Waals surface area contributed by atoms with Crippen molar-refractivity contribution in [2.24, 2.45) is 9.98 Å². The zero-order chi connectivity index (χ0) is 10.4. The summed E-state index contributed by atoms with van der Waals surface area (Å²) in [5, 5.41) is 0. The number of rotatable bonds is 0. The van der Waals surface area contributed by atoms with Gasteiger partial charge >= 0.3 is 0 Å². The third kappa shape index (κ3) is 1.21. The molecular formula is C10H16N2O2. The van der Waals surface area contributed by atoms with E-state index in [2.05, 4.69) is 9.98 Å². The quantitative estimate of drug-likeness (QED) is 0.587. The van der Waals surface area contributed by atoms with Crippen LogP contribution in [0.15, 0.2) is 9.98 Å². The van der Waals surface area contributed by atoms with Crippen LogP contribution in [0.2, 0.25) is 0 Å². The normalized spacial score (nSPS) is 26.6. The third-order valence-corrected chi connectivity index (χ3v) is 2.73. The van der Waals surface area contributed by atoms with Crippen molar-refractivity contribution in [2.45, 2.75) is 37.8 Å². The van der Waals surface area contributed by atoms with Crippen molar-refractivity contribution in [3.8, 4) is 0 Å². The van der Waals surface area contributed by atoms with Crippen molar-refractivity contribution in [3.63, 3.8) is 0 Å². The highest BCUT2D eigenvalue weighted by Crippen LogP contribution is 2.45. The van der Waals surface area contributed by atoms with Gasteiger partial charge in [0.15, 0.2) is 0 Å². The number of ether oxygens (including phenoxy) is 2. The van der Waals surface area contributed by atoms with Crippen LogP contribution in [0.25, 0.3) is 0 Å². The zero-order valence-corrected chi connectivity index (χ0v) is 9.13. The van der Waals surface area contributed by atoms with E-state index in [1.807, 2.05) is 13.8 Å². The zero-order valence-electron chi connectivity index (χ0n) is 9.13. The maximum Gasteiger partial charge on any atom is 0.212 e. The minimum absolute atomic E-state index is 0.185. The van der Waals surface area contributed by atoms with Crippen molar-refractivity contribution in [1.29, 1.82) is 0 Å². The minimum Gasteiger partial charge on any atom is -0.483 e. The van der Waals surface area contributed by atoms with Gasteiger partial charge in [-0.15, -0.1) is 0 Å². The summed E-state index contributed by atoms with van der Waals surface area (Å²) >= 11 is 0. The number of hydrogen-bond acceptors (Lipinski definition) is 4. The van der Waals surface area contributed by atoms with Crippen LogP contribution in [0.3, 0.4) is 0 Å². The van der Waals surface area contributed by atoms with Gasteiger partial charge in [-0.25, -0.2) is 9.98 Å². The average molecular weight is 196 g/mol. The molecule has 0 unspecified atom stereocenters. The highest BCUT2D eigenvalue weighted by atomic mass is 16.5. The van der Waals surface area contributed by atoms with Gasteiger partial charge in [0.1, 0.15) is 11.1 Å². The molecule has 78 valence electrons. The van der Waals surface area contributed by atoms with E-state index in [-0.39, 0.29) is 5.54 Å². The van der Waals surface area contributed by atoms with Crippen molar-refractivity contribution in [1.82, 2.24) is 0 Å². The van der Waals surface area contributed by atoms with Gasteiger partial charge in [0.2, 0.25) is 11.8 Å². The molecule has 0 aromatic rings. The predicted molar refractivity (Wildman–Crippen MR) is 54.9 cm³/mol. The van der Waals surface area contributed by atoms with Crippen molar-refractivity contribution < 1.29 is 9.47 Å². The molecule has 0 aromatic carbocycles. The summed E-state index contributed by atoms with van der Waals surface area (Å²) in [4.78, 5) is 9.13. The first-order valence-corrected chi connectivity index (χ1v) is 4.83. The second-order valence-corrected chi connectivity index (χ2v) is 4.33. The number of aliphatic imine (C=N–C) groups is 2. The van der Waals surface area contributed by atoms with Crippen molar-refractivity contribution >= 4 is 11.8 Å². The second-order valence-electron chi connectivity index (χ2n) is 4.33. The molecule has 1 saturated carbocycles. The van der Waals surface area contributed by atoms with Crippen LogP contribution in [-0.4, -0.2) is 37.1 Å². The molecule has 14 heavy (non-hydrogen) atoms. The molecule has 4 heteroatoms. The predicted octanol–water partition coefficient (Wildman–Crippen LogP) is 1.40. The van der Waals surface area contributed by atoms with Crippen molar-refractivity contribution in [2.75, 3.05) is 14.2 Å². The van der Waals surface area contributed by atoms with Crippen LogP contribution < -0.4 is 0 Å². The van der Waals surface area contributed by atoms with Gasteiger partial charge < -0.3 is 9.47 Å². The van der Waals surface area contributed by atoms with E-state index in [1.165, 1.54) is 0 Å². The summed E-state index contributed by atoms with van der Waals surface area (Å²) in [5.41, 5.74) is -0.580. The monoisotopic (exact) mass is 196 g/mol. The molecule has 0 bridgehead atoms. The summed E-state index contributed by atoms with van der Waals surface area (Å²) in [5.74, 6) is 1.46. The minimum atomic E-state index is -0.395. The third-order valence-electron chi connectivity index (χ3n) is 2.73. The summed E-state index contributed by atoms with van der Waals surface area (Å²) in [7, 11) is 3.30. The lowest BCUT2D eigenvalue weighted by molar-refractivity contribution is 0.325. The van der Waals surface area contributed by atoms with E-state index in [0.29, 0.717) is 5.90 Å². The summed E-state index contributed by atoms with van der Waals surface area (Å²) < 4.78 is 10.5. The summed E-state index contributed by atoms with van der Waals surface area (Å²) in [6, 6.07) is 0. The Labute approximate surface area is 84.0 Å². The fourth-order valence-corrected chi connectivity index (χ4v) is 1.76. The highest BCUT2D eigenvalue weighted by Gasteiger charge is 2.54. The standard InChI is InChI=1S/C10H16N2O2/c1-9(2)7(13-3)12-10(5-6-10)8(11-9)14-4/h5-6H2,1-4H3. The molecule has 1 fully saturated rings. The first kappa shape index (κ1) is 9.49. The number of methoxy groups -OCH3 is 2. The average Bonchev–Trinajstić information content (AvgIpc) is 2.90. The van der Waals surface area contributed by atoms with Gasteiger partial charge in [-0.1, -0.05) is 0 Å². The van der Waals surface area contributed by atoms with Crippen molar-refractivity contribution in [3.05, 3.63) is 0 Å². The van der Waals surface area contributed by atoms with Crippen LogP contribution in [0.1, 0.15) is 26.7 Å². The Morgan fingerprint density at radius 3 is 2.00 bits per heavy atom. The van der Waals surface area contributed by atoms with E-state index in [1.54, 1.807) is 14.2 Å². The first-order chi connectivity index (χ1) is 6.54. The summed E-state index contributed by atoms with van der Waals surface area (Å²) in [6.07, 6.45) is 2.03. The van der Waals surface area contributed by atoms with Gasteiger partial charge in [-0.05, 0) is 26.7 Å². The van der Waals surface area contributed by atoms with E-state index in [4.69, 9.17) is 9.47 Å². The molecule has 0 N–H and O–H groups in total. The Morgan fingerprint density at radius 1 is 1.00 bits per heavy atom. The molecule has 1 aliphatic heterocycles. The Balaban J connectivity index is 2.38. The molecule has 1 spiro atoms. The lowest BCUT2D eigenvalue weighted by atomic mass is 10.0. The van der Waals surface area contributed by atoms with E-state index >= 15 is 0 Å². The Hall–Kier alpha value is -1.06. The second kappa shape index (κ2) is 2.72. The van der Waals surface area contributed by atoms with Crippen LogP contribution in [-0.2, 0) is 9.47 Å². The van der Waals surface area contributed by atoms with Gasteiger partial charge in [0, 0.05) is 0 Å². The van der Waals surface area contributed by atoms with Gasteiger partial charge in [0.25, 0.3) is 0 Å². The van der Waals surface area contributed by atoms with Crippen LogP contribution >= 0.6 is 0 Å². The molecule has 2 aliphatic rings. The molecular weight excluding hydrogens is 180 g/mol. The smallest absolute Gasteiger partial charge is 0.212 e. The lowest BCUT2D eigenvalue weighted by Gasteiger charge is -2.29. The fourth-order valence-electron chi connectivity index (χ4n) is 1.76. The lowest BCUT2D eigenvalue weighted by Crippen LogP contribution is -2.42. The molecule has 0 saturated heterocycles. The molecule has 4 nitrogen and oxygen atoms in total. The van der Waals surface area contributed by atoms with Gasteiger partial charge in [-0.2, -0.15) is 0 Å². The Bertz CT molecular complexity index is 294. The van der Waals surface area contributed by atoms with Crippen LogP contribution in [0.4, 0.5) is 0 Å². The van der Waals surface area contributed by atoms with Gasteiger partial charge in [0.05, 0.1) is 14.2 Å². The van der Waals surface area contributed by atoms with E-state index in [9.17, 15) is 0 Å². The number of nitrogens with zero attached hydrogens (tertiary/aromatic N) is 2. The molecule has 2 rings (SSSR count). The summed E-state index contributed by atoms with van der Waals surface area (Å²) in [6.45, 7) is 3.95. The molecule has 1 aliphatic carbocycles. The topological polar surface area (TPSA) is 43.2 Å². The first-order valence-electron chi connectivity index (χ1n) is 4.83. The largest absolute Gasteiger partial charge is 0.483 e. The SMILES string of the molecule is COC1=NC2(CC2)C(OC)=NC1(C)C. The molecule has 0 aromatic heterocycles. The van der Waals surface area contributed by atoms with Crippen LogP contribution in [0, 0.1) is 0 Å². The van der Waals surface area contributed by atoms with E-state index in [0.717, 1.165) is 18.7 Å².